The fourth-order valence-corrected chi connectivity index (χ4v) is 6.53. The minimum atomic E-state index is 0.779. The van der Waals surface area contributed by atoms with Crippen molar-refractivity contribution in [3.8, 4) is 0 Å². The normalized spacial score (nSPS) is 81.8. The smallest absolute Gasteiger partial charge is 0.0176 e. The Morgan fingerprint density at radius 2 is 1.83 bits per heavy atom. The summed E-state index contributed by atoms with van der Waals surface area (Å²) in [5, 5.41) is 0. The lowest BCUT2D eigenvalue weighted by Gasteiger charge is -2.82. The first-order valence-corrected chi connectivity index (χ1v) is 5.56. The van der Waals surface area contributed by atoms with Gasteiger partial charge in [0.2, 0.25) is 0 Å². The van der Waals surface area contributed by atoms with Gasteiger partial charge in [0.25, 0.3) is 0 Å². The Labute approximate surface area is 74.7 Å². The molecule has 0 aromatic carbocycles. The summed E-state index contributed by atoms with van der Waals surface area (Å²) >= 11 is 0. The van der Waals surface area contributed by atoms with Crippen LogP contribution in [0.1, 0.15) is 40.0 Å². The van der Waals surface area contributed by atoms with E-state index in [1.54, 1.807) is 19.3 Å². The molecule has 0 saturated heterocycles. The lowest BCUT2D eigenvalue weighted by atomic mass is 9.22. The van der Waals surface area contributed by atoms with Gasteiger partial charge in [-0.2, -0.15) is 0 Å². The Kier molecular flexibility index (Phi) is 0.657. The minimum Gasteiger partial charge on any atom is -0.0614 e. The van der Waals surface area contributed by atoms with E-state index in [0.29, 0.717) is 0 Å². The maximum Gasteiger partial charge on any atom is -0.0176 e. The van der Waals surface area contributed by atoms with E-state index in [9.17, 15) is 0 Å². The van der Waals surface area contributed by atoms with Crippen molar-refractivity contribution in [2.45, 2.75) is 40.0 Å². The van der Waals surface area contributed by atoms with Gasteiger partial charge in [-0.15, -0.1) is 0 Å². The van der Waals surface area contributed by atoms with Crippen LogP contribution in [0.4, 0.5) is 0 Å². The van der Waals surface area contributed by atoms with E-state index in [2.05, 4.69) is 20.8 Å². The first-order chi connectivity index (χ1) is 5.56. The molecule has 6 unspecified atom stereocenters. The third-order valence-corrected chi connectivity index (χ3v) is 7.18. The van der Waals surface area contributed by atoms with E-state index in [1.807, 2.05) is 0 Å². The average molecular weight is 162 g/mol. The summed E-state index contributed by atoms with van der Waals surface area (Å²) in [6.07, 6.45) is 4.79. The Bertz CT molecular complexity index is 280. The van der Waals surface area contributed by atoms with Crippen molar-refractivity contribution >= 4 is 0 Å². The van der Waals surface area contributed by atoms with Gasteiger partial charge in [-0.1, -0.05) is 20.8 Å². The molecule has 0 amide bonds. The molecule has 0 aromatic rings. The molecule has 0 aliphatic heterocycles. The highest BCUT2D eigenvalue weighted by molar-refractivity contribution is 5.38. The van der Waals surface area contributed by atoms with E-state index >= 15 is 0 Å². The Morgan fingerprint density at radius 3 is 2.25 bits per heavy atom. The van der Waals surface area contributed by atoms with Crippen LogP contribution in [0.25, 0.3) is 0 Å². The zero-order valence-electron chi connectivity index (χ0n) is 8.35. The molecule has 5 fully saturated rings. The van der Waals surface area contributed by atoms with E-state index in [-0.39, 0.29) is 0 Å². The maximum atomic E-state index is 2.59. The molecule has 0 heteroatoms. The van der Waals surface area contributed by atoms with Gasteiger partial charge < -0.3 is 0 Å². The first-order valence-electron chi connectivity index (χ1n) is 5.56. The van der Waals surface area contributed by atoms with Crippen LogP contribution in [0, 0.1) is 34.0 Å². The third-order valence-electron chi connectivity index (χ3n) is 7.18. The van der Waals surface area contributed by atoms with Gasteiger partial charge in [-0.05, 0) is 53.3 Å². The molecular formula is C12H18. The fraction of sp³-hybridized carbons (Fsp3) is 1.00. The van der Waals surface area contributed by atoms with Gasteiger partial charge in [-0.25, -0.2) is 0 Å². The van der Waals surface area contributed by atoms with Crippen LogP contribution < -0.4 is 0 Å². The summed E-state index contributed by atoms with van der Waals surface area (Å²) in [6.45, 7) is 7.69. The van der Waals surface area contributed by atoms with Crippen LogP contribution in [0.3, 0.4) is 0 Å². The standard InChI is InChI=1S/C12H18/c1-7-10(2)4-8-5-12(10)6-9(8)11(7,12)3/h7-9H,4-6H2,1-3H3. The molecule has 5 saturated carbocycles. The van der Waals surface area contributed by atoms with Crippen molar-refractivity contribution in [3.63, 3.8) is 0 Å². The zero-order chi connectivity index (χ0) is 8.35. The highest BCUT2D eigenvalue weighted by atomic mass is 14.9. The molecule has 12 heavy (non-hydrogen) atoms. The van der Waals surface area contributed by atoms with E-state index in [0.717, 1.165) is 34.0 Å². The van der Waals surface area contributed by atoms with Crippen LogP contribution in [0.5, 0.6) is 0 Å². The Morgan fingerprint density at radius 1 is 1.08 bits per heavy atom. The zero-order valence-corrected chi connectivity index (χ0v) is 8.35. The maximum absolute atomic E-state index is 2.59. The lowest BCUT2D eigenvalue weighted by Crippen LogP contribution is -2.77. The Balaban J connectivity index is 1.99. The van der Waals surface area contributed by atoms with Crippen LogP contribution in [0.2, 0.25) is 0 Å². The van der Waals surface area contributed by atoms with Gasteiger partial charge in [0.1, 0.15) is 0 Å². The van der Waals surface area contributed by atoms with Crippen molar-refractivity contribution in [1.29, 1.82) is 0 Å². The fourth-order valence-electron chi connectivity index (χ4n) is 6.53. The second-order valence-corrected chi connectivity index (χ2v) is 6.48. The van der Waals surface area contributed by atoms with E-state index < -0.39 is 0 Å². The second-order valence-electron chi connectivity index (χ2n) is 6.48. The summed E-state index contributed by atoms with van der Waals surface area (Å²) in [4.78, 5) is 0. The van der Waals surface area contributed by atoms with Crippen molar-refractivity contribution in [2.75, 3.05) is 0 Å². The predicted octanol–water partition coefficient (Wildman–Crippen LogP) is 3.08. The largest absolute Gasteiger partial charge is 0.0614 e. The average Bonchev–Trinajstić information content (AvgIpc) is 2.59. The molecular weight excluding hydrogens is 144 g/mol. The molecule has 0 radical (unpaired) electrons. The van der Waals surface area contributed by atoms with Crippen molar-refractivity contribution < 1.29 is 0 Å². The molecule has 6 atom stereocenters. The second kappa shape index (κ2) is 1.22. The van der Waals surface area contributed by atoms with Gasteiger partial charge in [0.15, 0.2) is 0 Å². The monoisotopic (exact) mass is 162 g/mol. The van der Waals surface area contributed by atoms with Crippen LogP contribution in [-0.2, 0) is 0 Å². The molecule has 0 aromatic heterocycles. The quantitative estimate of drug-likeness (QED) is 0.513. The number of hydrogen-bond donors (Lipinski definition) is 0. The topological polar surface area (TPSA) is 0 Å². The molecule has 5 rings (SSSR count). The van der Waals surface area contributed by atoms with Crippen molar-refractivity contribution in [2.24, 2.45) is 34.0 Å². The predicted molar refractivity (Wildman–Crippen MR) is 48.6 cm³/mol. The molecule has 0 nitrogen and oxygen atoms in total. The SMILES string of the molecule is CC1C2(C)CC3CC24CC3C14C. The molecule has 66 valence electrons. The summed E-state index contributed by atoms with van der Waals surface area (Å²) in [6, 6.07) is 0. The number of rotatable bonds is 0. The minimum absolute atomic E-state index is 0.779. The van der Waals surface area contributed by atoms with Crippen LogP contribution in [0.15, 0.2) is 0 Å². The summed E-state index contributed by atoms with van der Waals surface area (Å²) in [7, 11) is 0. The summed E-state index contributed by atoms with van der Waals surface area (Å²) in [5.74, 6) is 3.33. The van der Waals surface area contributed by atoms with Gasteiger partial charge in [0.05, 0.1) is 0 Å². The molecule has 3 bridgehead atoms. The van der Waals surface area contributed by atoms with E-state index in [1.165, 1.54) is 0 Å². The van der Waals surface area contributed by atoms with Crippen LogP contribution >= 0.6 is 0 Å². The molecule has 5 aliphatic carbocycles. The van der Waals surface area contributed by atoms with Crippen LogP contribution in [-0.4, -0.2) is 0 Å². The van der Waals surface area contributed by atoms with Crippen molar-refractivity contribution in [1.82, 2.24) is 0 Å². The highest BCUT2D eigenvalue weighted by Gasteiger charge is 2.90. The lowest BCUT2D eigenvalue weighted by molar-refractivity contribution is -0.347. The summed E-state index contributed by atoms with van der Waals surface area (Å²) < 4.78 is 0. The highest BCUT2D eigenvalue weighted by Crippen LogP contribution is 2.96. The molecule has 1 spiro atoms. The van der Waals surface area contributed by atoms with Crippen molar-refractivity contribution in [3.05, 3.63) is 0 Å². The summed E-state index contributed by atoms with van der Waals surface area (Å²) in [5.41, 5.74) is 2.45. The van der Waals surface area contributed by atoms with Gasteiger partial charge in [-0.3, -0.25) is 0 Å². The molecule has 0 N–H and O–H groups in total. The van der Waals surface area contributed by atoms with Gasteiger partial charge in [0, 0.05) is 0 Å². The van der Waals surface area contributed by atoms with E-state index in [4.69, 9.17) is 0 Å². The van der Waals surface area contributed by atoms with Gasteiger partial charge >= 0.3 is 0 Å². The molecule has 5 aliphatic rings. The Hall–Kier alpha value is 0. The first kappa shape index (κ1) is 6.45. The molecule has 0 heterocycles. The third kappa shape index (κ3) is 0.268. The number of hydrogen-bond acceptors (Lipinski definition) is 0.